The number of sulfonamides is 1. The molecule has 0 saturated carbocycles. The summed E-state index contributed by atoms with van der Waals surface area (Å²) in [4.78, 5) is 34.3. The van der Waals surface area contributed by atoms with E-state index in [1.54, 1.807) is 11.4 Å². The van der Waals surface area contributed by atoms with Crippen molar-refractivity contribution in [2.75, 3.05) is 11.9 Å². The number of carbonyl (C=O) groups is 3. The van der Waals surface area contributed by atoms with Gasteiger partial charge in [0, 0.05) is 17.6 Å². The van der Waals surface area contributed by atoms with Gasteiger partial charge in [0.15, 0.2) is 5.13 Å². The van der Waals surface area contributed by atoms with Gasteiger partial charge in [0.05, 0.1) is 22.2 Å². The molecule has 4 N–H and O–H groups in total. The van der Waals surface area contributed by atoms with Crippen LogP contribution < -0.4 is 10.0 Å². The summed E-state index contributed by atoms with van der Waals surface area (Å²) in [6, 6.07) is 12.3. The first kappa shape index (κ1) is 30.0. The number of carbonyl (C=O) groups excluding carboxylic acids is 1. The fourth-order valence-corrected chi connectivity index (χ4v) is 5.40. The summed E-state index contributed by atoms with van der Waals surface area (Å²) in [5, 5.41) is 20.4. The molecule has 3 aromatic rings. The van der Waals surface area contributed by atoms with Gasteiger partial charge in [0.1, 0.15) is 11.5 Å². The molecule has 0 saturated heterocycles. The highest BCUT2D eigenvalue weighted by Crippen LogP contribution is 2.28. The second-order valence-electron chi connectivity index (χ2n) is 7.10. The van der Waals surface area contributed by atoms with Crippen LogP contribution in [-0.2, 0) is 35.8 Å². The van der Waals surface area contributed by atoms with E-state index < -0.39 is 27.9 Å². The highest BCUT2D eigenvalue weighted by Gasteiger charge is 2.21. The van der Waals surface area contributed by atoms with Gasteiger partial charge in [-0.05, 0) is 31.2 Å². The first-order valence-corrected chi connectivity index (χ1v) is 13.3. The SMILES string of the molecule is Cc1ccc(Nc2nc(COC(=O)CCNS(=O)(=O)c3c(Cl)cccc3Cl)cs2)cc1.O=C(O)C(=O)O. The third kappa shape index (κ3) is 9.98. The maximum absolute atomic E-state index is 12.4. The van der Waals surface area contributed by atoms with E-state index in [1.165, 1.54) is 23.5 Å². The molecule has 0 spiro atoms. The molecule has 0 fully saturated rings. The van der Waals surface area contributed by atoms with Gasteiger partial charge in [-0.3, -0.25) is 4.79 Å². The molecule has 0 unspecified atom stereocenters. The molecule has 198 valence electrons. The number of nitrogens with zero attached hydrogens (tertiary/aromatic N) is 1. The molecule has 0 bridgehead atoms. The number of aryl methyl sites for hydroxylation is 1. The zero-order valence-corrected chi connectivity index (χ0v) is 22.2. The van der Waals surface area contributed by atoms with Crippen LogP contribution in [0.15, 0.2) is 52.7 Å². The zero-order valence-electron chi connectivity index (χ0n) is 19.1. The van der Waals surface area contributed by atoms with Crippen molar-refractivity contribution in [3.63, 3.8) is 0 Å². The zero-order chi connectivity index (χ0) is 27.6. The lowest BCUT2D eigenvalue weighted by molar-refractivity contribution is -0.159. The third-order valence-electron chi connectivity index (χ3n) is 4.23. The summed E-state index contributed by atoms with van der Waals surface area (Å²) in [6.07, 6.45) is -0.153. The molecule has 0 aliphatic carbocycles. The van der Waals surface area contributed by atoms with Crippen molar-refractivity contribution in [1.29, 1.82) is 0 Å². The van der Waals surface area contributed by atoms with Gasteiger partial charge < -0.3 is 20.3 Å². The molecule has 1 heterocycles. The average molecular weight is 590 g/mol. The van der Waals surface area contributed by atoms with Crippen molar-refractivity contribution in [2.24, 2.45) is 0 Å². The first-order chi connectivity index (χ1) is 17.4. The van der Waals surface area contributed by atoms with Gasteiger partial charge in [-0.2, -0.15) is 0 Å². The smallest absolute Gasteiger partial charge is 0.414 e. The Morgan fingerprint density at radius 2 is 1.62 bits per heavy atom. The highest BCUT2D eigenvalue weighted by molar-refractivity contribution is 7.89. The summed E-state index contributed by atoms with van der Waals surface area (Å²) in [5.74, 6) is -4.21. The number of benzene rings is 2. The normalized spacial score (nSPS) is 10.7. The maximum atomic E-state index is 12.4. The van der Waals surface area contributed by atoms with Gasteiger partial charge in [0.2, 0.25) is 10.0 Å². The third-order valence-corrected chi connectivity index (χ3v) is 7.45. The number of carboxylic acid groups (broad SMARTS) is 2. The number of aromatic nitrogens is 1. The first-order valence-electron chi connectivity index (χ1n) is 10.2. The standard InChI is InChI=1S/C20H19Cl2N3O4S2.C2H2O4/c1-13-5-7-14(8-6-13)24-20-25-15(12-30-20)11-29-18(26)9-10-23-31(27,28)19-16(21)3-2-4-17(19)22;3-1(4)2(5)6/h2-8,12,23H,9-11H2,1H3,(H,24,25);(H,3,4)(H,5,6). The summed E-state index contributed by atoms with van der Waals surface area (Å²) < 4.78 is 32.2. The fraction of sp³-hybridized carbons (Fsp3) is 0.182. The predicted octanol–water partition coefficient (Wildman–Crippen LogP) is 4.07. The van der Waals surface area contributed by atoms with E-state index in [2.05, 4.69) is 15.0 Å². The second-order valence-corrected chi connectivity index (χ2v) is 10.5. The van der Waals surface area contributed by atoms with E-state index in [-0.39, 0.29) is 34.5 Å². The van der Waals surface area contributed by atoms with Crippen LogP contribution in [0.1, 0.15) is 17.7 Å². The van der Waals surface area contributed by atoms with Crippen LogP contribution in [0.4, 0.5) is 10.8 Å². The number of esters is 1. The Kier molecular flexibility index (Phi) is 11.3. The number of carboxylic acids is 2. The average Bonchev–Trinajstić information content (AvgIpc) is 3.26. The van der Waals surface area contributed by atoms with Gasteiger partial charge in [0.25, 0.3) is 0 Å². The van der Waals surface area contributed by atoms with E-state index in [9.17, 15) is 13.2 Å². The lowest BCUT2D eigenvalue weighted by Gasteiger charge is -2.09. The summed E-state index contributed by atoms with van der Waals surface area (Å²) >= 11 is 13.2. The molecule has 15 heteroatoms. The van der Waals surface area contributed by atoms with E-state index in [4.69, 9.17) is 47.7 Å². The molecule has 0 atom stereocenters. The van der Waals surface area contributed by atoms with Crippen LogP contribution in [0.2, 0.25) is 10.0 Å². The van der Waals surface area contributed by atoms with Crippen LogP contribution in [0.3, 0.4) is 0 Å². The number of hydrogen-bond acceptors (Lipinski definition) is 9. The number of hydrogen-bond donors (Lipinski definition) is 4. The number of rotatable bonds is 9. The van der Waals surface area contributed by atoms with Crippen LogP contribution in [-0.4, -0.2) is 48.1 Å². The van der Waals surface area contributed by atoms with Crippen molar-refractivity contribution in [2.45, 2.75) is 24.8 Å². The van der Waals surface area contributed by atoms with Crippen molar-refractivity contribution in [3.8, 4) is 0 Å². The van der Waals surface area contributed by atoms with E-state index >= 15 is 0 Å². The largest absolute Gasteiger partial charge is 0.473 e. The Labute approximate surface area is 226 Å². The Bertz CT molecular complexity index is 1330. The van der Waals surface area contributed by atoms with E-state index in [0.717, 1.165) is 11.3 Å². The number of anilines is 2. The second kappa shape index (κ2) is 13.9. The van der Waals surface area contributed by atoms with Crippen molar-refractivity contribution in [1.82, 2.24) is 9.71 Å². The maximum Gasteiger partial charge on any atom is 0.414 e. The minimum absolute atomic E-state index is 0.00107. The van der Waals surface area contributed by atoms with Gasteiger partial charge >= 0.3 is 17.9 Å². The monoisotopic (exact) mass is 589 g/mol. The fourth-order valence-electron chi connectivity index (χ4n) is 2.52. The van der Waals surface area contributed by atoms with Crippen LogP contribution >= 0.6 is 34.5 Å². The van der Waals surface area contributed by atoms with Gasteiger partial charge in [-0.25, -0.2) is 27.7 Å². The van der Waals surface area contributed by atoms with Crippen molar-refractivity contribution >= 4 is 73.3 Å². The van der Waals surface area contributed by atoms with Crippen molar-refractivity contribution < 1.29 is 37.8 Å². The van der Waals surface area contributed by atoms with E-state index in [0.29, 0.717) is 10.8 Å². The minimum Gasteiger partial charge on any atom is -0.473 e. The molecule has 2 aromatic carbocycles. The molecule has 1 aromatic heterocycles. The topological polar surface area (TPSA) is 172 Å². The number of thiazole rings is 1. The molecule has 37 heavy (non-hydrogen) atoms. The number of halogens is 2. The van der Waals surface area contributed by atoms with E-state index in [1.807, 2.05) is 31.2 Å². The summed E-state index contributed by atoms with van der Waals surface area (Å²) in [7, 11) is -3.95. The lowest BCUT2D eigenvalue weighted by Crippen LogP contribution is -2.27. The molecular weight excluding hydrogens is 569 g/mol. The molecule has 0 radical (unpaired) electrons. The minimum atomic E-state index is -3.95. The Hall–Kier alpha value is -3.23. The Morgan fingerprint density at radius 1 is 1.03 bits per heavy atom. The summed E-state index contributed by atoms with van der Waals surface area (Å²) in [5.41, 5.74) is 2.67. The number of ether oxygens (including phenoxy) is 1. The van der Waals surface area contributed by atoms with Crippen molar-refractivity contribution in [3.05, 3.63) is 69.1 Å². The Morgan fingerprint density at radius 3 is 2.19 bits per heavy atom. The molecule has 11 nitrogen and oxygen atoms in total. The number of nitrogens with one attached hydrogen (secondary N) is 2. The highest BCUT2D eigenvalue weighted by atomic mass is 35.5. The van der Waals surface area contributed by atoms with Crippen LogP contribution in [0.5, 0.6) is 0 Å². The van der Waals surface area contributed by atoms with Gasteiger partial charge in [-0.15, -0.1) is 11.3 Å². The van der Waals surface area contributed by atoms with Crippen LogP contribution in [0.25, 0.3) is 0 Å². The quantitative estimate of drug-likeness (QED) is 0.210. The Balaban J connectivity index is 0.000000717. The van der Waals surface area contributed by atoms with Crippen LogP contribution in [0, 0.1) is 6.92 Å². The molecule has 0 amide bonds. The molecular formula is C22H21Cl2N3O8S2. The number of aliphatic carboxylic acids is 2. The summed E-state index contributed by atoms with van der Waals surface area (Å²) in [6.45, 7) is 1.85. The molecule has 0 aliphatic heterocycles. The van der Waals surface area contributed by atoms with Gasteiger partial charge in [-0.1, -0.05) is 47.0 Å². The molecule has 0 aliphatic rings. The lowest BCUT2D eigenvalue weighted by atomic mass is 10.2. The predicted molar refractivity (Wildman–Crippen MR) is 138 cm³/mol. The molecule has 3 rings (SSSR count).